The molecule has 0 unspecified atom stereocenters. The number of ether oxygens (including phenoxy) is 1. The van der Waals surface area contributed by atoms with Crippen LogP contribution in [0.1, 0.15) is 58.8 Å². The van der Waals surface area contributed by atoms with Crippen molar-refractivity contribution in [2.75, 3.05) is 19.1 Å². The fourth-order valence-corrected chi connectivity index (χ4v) is 4.31. The first-order chi connectivity index (χ1) is 8.66. The van der Waals surface area contributed by atoms with Crippen LogP contribution in [-0.2, 0) is 4.74 Å². The molecule has 0 spiro atoms. The van der Waals surface area contributed by atoms with E-state index in [2.05, 4.69) is 13.8 Å². The highest BCUT2D eigenvalue weighted by molar-refractivity contribution is 6.17. The molecule has 0 N–H and O–H groups in total. The zero-order chi connectivity index (χ0) is 13.0. The maximum Gasteiger partial charge on any atom is 0.0468 e. The van der Waals surface area contributed by atoms with Crippen molar-refractivity contribution in [2.24, 2.45) is 23.2 Å². The number of rotatable bonds is 8. The predicted octanol–water partition coefficient (Wildman–Crippen LogP) is 4.87. The monoisotopic (exact) mass is 272 g/mol. The highest BCUT2D eigenvalue weighted by Crippen LogP contribution is 2.61. The smallest absolute Gasteiger partial charge is 0.0468 e. The van der Waals surface area contributed by atoms with Crippen LogP contribution in [0.15, 0.2) is 0 Å². The summed E-state index contributed by atoms with van der Waals surface area (Å²) in [6, 6.07) is 0. The van der Waals surface area contributed by atoms with Crippen molar-refractivity contribution in [1.82, 2.24) is 0 Å². The van der Waals surface area contributed by atoms with E-state index in [0.717, 1.165) is 43.3 Å². The SMILES string of the molecule is CC1(C)[C@H]2CC[C@@H](CCOCCCCCCl)[C@@H]1C2. The van der Waals surface area contributed by atoms with Crippen LogP contribution in [0.2, 0.25) is 0 Å². The Labute approximate surface area is 118 Å². The van der Waals surface area contributed by atoms with Crippen molar-refractivity contribution in [1.29, 1.82) is 0 Å². The van der Waals surface area contributed by atoms with Crippen LogP contribution in [0.4, 0.5) is 0 Å². The number of hydrogen-bond acceptors (Lipinski definition) is 1. The Balaban J connectivity index is 1.54. The van der Waals surface area contributed by atoms with Gasteiger partial charge >= 0.3 is 0 Å². The van der Waals surface area contributed by atoms with Crippen molar-refractivity contribution >= 4 is 11.6 Å². The van der Waals surface area contributed by atoms with Gasteiger partial charge in [-0.15, -0.1) is 11.6 Å². The molecule has 0 aromatic carbocycles. The van der Waals surface area contributed by atoms with Gasteiger partial charge < -0.3 is 4.74 Å². The van der Waals surface area contributed by atoms with Crippen LogP contribution >= 0.6 is 11.6 Å². The summed E-state index contributed by atoms with van der Waals surface area (Å²) in [6.45, 7) is 6.86. The second kappa shape index (κ2) is 6.61. The van der Waals surface area contributed by atoms with Crippen LogP contribution < -0.4 is 0 Å². The summed E-state index contributed by atoms with van der Waals surface area (Å²) in [4.78, 5) is 0. The van der Waals surface area contributed by atoms with Crippen LogP contribution in [0.5, 0.6) is 0 Å². The average molecular weight is 273 g/mol. The normalized spacial score (nSPS) is 33.2. The molecule has 0 aromatic heterocycles. The standard InChI is InChI=1S/C16H29ClO/c1-16(2)14-7-6-13(15(16)12-14)8-11-18-10-5-3-4-9-17/h13-15H,3-12H2,1-2H3/t13-,14-,15-/m0/s1. The van der Waals surface area contributed by atoms with E-state index in [0.29, 0.717) is 5.41 Å². The Hall–Kier alpha value is 0.250. The zero-order valence-electron chi connectivity index (χ0n) is 12.1. The van der Waals surface area contributed by atoms with Crippen LogP contribution in [-0.4, -0.2) is 19.1 Å². The Morgan fingerprint density at radius 3 is 2.61 bits per heavy atom. The molecule has 1 nitrogen and oxygen atoms in total. The molecule has 3 fully saturated rings. The molecule has 0 heterocycles. The molecule has 2 bridgehead atoms. The van der Waals surface area contributed by atoms with E-state index in [-0.39, 0.29) is 0 Å². The van der Waals surface area contributed by atoms with Crippen LogP contribution in [0.3, 0.4) is 0 Å². The highest BCUT2D eigenvalue weighted by Gasteiger charge is 2.53. The van der Waals surface area contributed by atoms with Crippen molar-refractivity contribution in [2.45, 2.75) is 58.8 Å². The number of halogens is 1. The summed E-state index contributed by atoms with van der Waals surface area (Å²) in [6.07, 6.45) is 9.21. The first-order valence-corrected chi connectivity index (χ1v) is 8.33. The van der Waals surface area contributed by atoms with Gasteiger partial charge in [-0.3, -0.25) is 0 Å². The van der Waals surface area contributed by atoms with Gasteiger partial charge in [-0.25, -0.2) is 0 Å². The molecule has 3 aliphatic carbocycles. The Morgan fingerprint density at radius 2 is 1.94 bits per heavy atom. The Kier molecular flexibility index (Phi) is 5.38. The van der Waals surface area contributed by atoms with E-state index in [1.165, 1.54) is 38.5 Å². The molecule has 0 saturated heterocycles. The van der Waals surface area contributed by atoms with Crippen molar-refractivity contribution in [3.63, 3.8) is 0 Å². The lowest BCUT2D eigenvalue weighted by atomic mass is 9.45. The molecule has 2 heteroatoms. The minimum Gasteiger partial charge on any atom is -0.381 e. The lowest BCUT2D eigenvalue weighted by molar-refractivity contribution is -0.111. The molecule has 0 radical (unpaired) electrons. The van der Waals surface area contributed by atoms with Gasteiger partial charge in [0, 0.05) is 19.1 Å². The van der Waals surface area contributed by atoms with E-state index in [1.807, 2.05) is 0 Å². The third-order valence-corrected chi connectivity index (χ3v) is 5.82. The van der Waals surface area contributed by atoms with Crippen molar-refractivity contribution in [3.05, 3.63) is 0 Å². The van der Waals surface area contributed by atoms with Crippen LogP contribution in [0.25, 0.3) is 0 Å². The van der Waals surface area contributed by atoms with Crippen molar-refractivity contribution < 1.29 is 4.74 Å². The summed E-state index contributed by atoms with van der Waals surface area (Å²) in [5.41, 5.74) is 0.628. The third-order valence-electron chi connectivity index (χ3n) is 5.56. The second-order valence-electron chi connectivity index (χ2n) is 6.85. The number of fused-ring (bicyclic) bond motifs is 2. The van der Waals surface area contributed by atoms with E-state index in [9.17, 15) is 0 Å². The highest BCUT2D eigenvalue weighted by atomic mass is 35.5. The molecule has 106 valence electrons. The molecular formula is C16H29ClO. The first kappa shape index (κ1) is 14.7. The van der Waals surface area contributed by atoms with E-state index in [1.54, 1.807) is 0 Å². The van der Waals surface area contributed by atoms with E-state index < -0.39 is 0 Å². The van der Waals surface area contributed by atoms with Gasteiger partial charge in [-0.2, -0.15) is 0 Å². The molecular weight excluding hydrogens is 244 g/mol. The van der Waals surface area contributed by atoms with E-state index in [4.69, 9.17) is 16.3 Å². The lowest BCUT2D eigenvalue weighted by Gasteiger charge is -2.60. The fraction of sp³-hybridized carbons (Fsp3) is 1.00. The Morgan fingerprint density at radius 1 is 1.11 bits per heavy atom. The summed E-state index contributed by atoms with van der Waals surface area (Å²) in [7, 11) is 0. The van der Waals surface area contributed by atoms with Gasteiger partial charge in [-0.05, 0) is 68.1 Å². The summed E-state index contributed by atoms with van der Waals surface area (Å²) < 4.78 is 5.77. The van der Waals surface area contributed by atoms with Gasteiger partial charge in [0.25, 0.3) is 0 Å². The number of alkyl halides is 1. The molecule has 3 rings (SSSR count). The second-order valence-corrected chi connectivity index (χ2v) is 7.23. The summed E-state index contributed by atoms with van der Waals surface area (Å²) in [5, 5.41) is 0. The average Bonchev–Trinajstić information content (AvgIpc) is 2.37. The van der Waals surface area contributed by atoms with Gasteiger partial charge in [-0.1, -0.05) is 13.8 Å². The fourth-order valence-electron chi connectivity index (χ4n) is 4.12. The summed E-state index contributed by atoms with van der Waals surface area (Å²) in [5.74, 6) is 3.74. The molecule has 18 heavy (non-hydrogen) atoms. The topological polar surface area (TPSA) is 9.23 Å². The molecule has 3 aliphatic rings. The number of unbranched alkanes of at least 4 members (excludes halogenated alkanes) is 2. The van der Waals surface area contributed by atoms with Gasteiger partial charge in [0.2, 0.25) is 0 Å². The quantitative estimate of drug-likeness (QED) is 0.452. The van der Waals surface area contributed by atoms with Gasteiger partial charge in [0.05, 0.1) is 0 Å². The van der Waals surface area contributed by atoms with Gasteiger partial charge in [0.1, 0.15) is 0 Å². The molecule has 0 aromatic rings. The largest absolute Gasteiger partial charge is 0.381 e. The minimum atomic E-state index is 0.628. The first-order valence-electron chi connectivity index (χ1n) is 7.80. The molecule has 3 atom stereocenters. The minimum absolute atomic E-state index is 0.628. The molecule has 0 amide bonds. The van der Waals surface area contributed by atoms with Crippen LogP contribution in [0, 0.1) is 23.2 Å². The van der Waals surface area contributed by atoms with E-state index >= 15 is 0 Å². The predicted molar refractivity (Wildman–Crippen MR) is 78.1 cm³/mol. The lowest BCUT2D eigenvalue weighted by Crippen LogP contribution is -2.52. The molecule has 0 aliphatic heterocycles. The van der Waals surface area contributed by atoms with Gasteiger partial charge in [0.15, 0.2) is 0 Å². The zero-order valence-corrected chi connectivity index (χ0v) is 12.8. The maximum atomic E-state index is 5.77. The Bertz CT molecular complexity index is 249. The van der Waals surface area contributed by atoms with Crippen molar-refractivity contribution in [3.8, 4) is 0 Å². The maximum absolute atomic E-state index is 5.77. The summed E-state index contributed by atoms with van der Waals surface area (Å²) >= 11 is 5.65. The number of hydrogen-bond donors (Lipinski definition) is 0. The third kappa shape index (κ3) is 3.22. The molecule has 3 saturated carbocycles.